The molecule has 13 heavy (non-hydrogen) atoms. The van der Waals surface area contributed by atoms with Gasteiger partial charge in [-0.3, -0.25) is 4.79 Å². The van der Waals surface area contributed by atoms with Gasteiger partial charge >= 0.3 is 5.97 Å². The predicted molar refractivity (Wildman–Crippen MR) is 50.5 cm³/mol. The van der Waals surface area contributed by atoms with E-state index in [1.165, 1.54) is 32.1 Å². The highest BCUT2D eigenvalue weighted by atomic mass is 16.4. The van der Waals surface area contributed by atoms with Crippen molar-refractivity contribution in [3.05, 3.63) is 0 Å². The zero-order valence-electron chi connectivity index (χ0n) is 8.09. The lowest BCUT2D eigenvalue weighted by Crippen LogP contribution is -2.29. The number of rotatable bonds is 1. The first-order valence-corrected chi connectivity index (χ1v) is 5.45. The summed E-state index contributed by atoms with van der Waals surface area (Å²) in [4.78, 5) is 10.9. The van der Waals surface area contributed by atoms with Crippen molar-refractivity contribution in [2.75, 3.05) is 0 Å². The van der Waals surface area contributed by atoms with E-state index in [1.807, 2.05) is 0 Å². The van der Waals surface area contributed by atoms with Crippen LogP contribution in [-0.4, -0.2) is 11.1 Å². The average molecular weight is 182 g/mol. The molecule has 0 aromatic carbocycles. The first-order chi connectivity index (χ1) is 6.22. The summed E-state index contributed by atoms with van der Waals surface area (Å²) in [5, 5.41) is 8.98. The van der Waals surface area contributed by atoms with Crippen LogP contribution in [0.1, 0.15) is 51.4 Å². The summed E-state index contributed by atoms with van der Waals surface area (Å²) in [6.07, 6.45) is 9.53. The lowest BCUT2D eigenvalue weighted by Gasteiger charge is -2.36. The third-order valence-corrected chi connectivity index (χ3v) is 3.95. The van der Waals surface area contributed by atoms with Gasteiger partial charge in [-0.25, -0.2) is 0 Å². The van der Waals surface area contributed by atoms with Crippen LogP contribution in [0.15, 0.2) is 0 Å². The van der Waals surface area contributed by atoms with E-state index in [4.69, 9.17) is 5.11 Å². The number of hydrogen-bond acceptors (Lipinski definition) is 1. The van der Waals surface area contributed by atoms with E-state index in [9.17, 15) is 4.79 Å². The predicted octanol–water partition coefficient (Wildman–Crippen LogP) is 2.82. The normalized spacial score (nSPS) is 32.2. The highest BCUT2D eigenvalue weighted by Crippen LogP contribution is 2.50. The molecule has 0 heterocycles. The van der Waals surface area contributed by atoms with E-state index in [2.05, 4.69) is 0 Å². The highest BCUT2D eigenvalue weighted by Gasteiger charge is 2.40. The third-order valence-electron chi connectivity index (χ3n) is 3.95. The SMILES string of the molecule is O=C(O)[C@H]1CCCC2(CCCC2)C1. The second-order valence-corrected chi connectivity index (χ2v) is 4.84. The second kappa shape index (κ2) is 3.32. The molecule has 1 atom stereocenters. The molecule has 0 aromatic rings. The van der Waals surface area contributed by atoms with E-state index < -0.39 is 5.97 Å². The molecular formula is C11H18O2. The van der Waals surface area contributed by atoms with Gasteiger partial charge in [-0.2, -0.15) is 0 Å². The van der Waals surface area contributed by atoms with Crippen molar-refractivity contribution in [1.82, 2.24) is 0 Å². The molecule has 0 aliphatic heterocycles. The molecule has 74 valence electrons. The molecule has 0 aromatic heterocycles. The second-order valence-electron chi connectivity index (χ2n) is 4.84. The smallest absolute Gasteiger partial charge is 0.306 e. The van der Waals surface area contributed by atoms with Gasteiger partial charge in [0.1, 0.15) is 0 Å². The number of aliphatic carboxylic acids is 1. The molecule has 2 aliphatic rings. The summed E-state index contributed by atoms with van der Waals surface area (Å²) in [6.45, 7) is 0. The van der Waals surface area contributed by atoms with Crippen molar-refractivity contribution >= 4 is 5.97 Å². The molecule has 1 N–H and O–H groups in total. The lowest BCUT2D eigenvalue weighted by atomic mass is 9.68. The molecule has 0 unspecified atom stereocenters. The van der Waals surface area contributed by atoms with Gasteiger partial charge in [0.2, 0.25) is 0 Å². The molecule has 0 amide bonds. The van der Waals surface area contributed by atoms with E-state index in [0.29, 0.717) is 5.41 Å². The first kappa shape index (κ1) is 9.04. The van der Waals surface area contributed by atoms with Gasteiger partial charge in [-0.1, -0.05) is 19.3 Å². The van der Waals surface area contributed by atoms with Crippen LogP contribution in [0.25, 0.3) is 0 Å². The Bertz CT molecular complexity index is 204. The Morgan fingerprint density at radius 1 is 1.15 bits per heavy atom. The molecular weight excluding hydrogens is 164 g/mol. The molecule has 1 spiro atoms. The Hall–Kier alpha value is -0.530. The van der Waals surface area contributed by atoms with E-state index in [-0.39, 0.29) is 5.92 Å². The number of hydrogen-bond donors (Lipinski definition) is 1. The monoisotopic (exact) mass is 182 g/mol. The van der Waals surface area contributed by atoms with E-state index in [0.717, 1.165) is 19.3 Å². The summed E-state index contributed by atoms with van der Waals surface area (Å²) in [7, 11) is 0. The molecule has 2 nitrogen and oxygen atoms in total. The van der Waals surface area contributed by atoms with Gasteiger partial charge < -0.3 is 5.11 Å². The minimum atomic E-state index is -0.564. The Morgan fingerprint density at radius 3 is 2.38 bits per heavy atom. The largest absolute Gasteiger partial charge is 0.481 e. The fraction of sp³-hybridized carbons (Fsp3) is 0.909. The molecule has 2 heteroatoms. The van der Waals surface area contributed by atoms with Crippen molar-refractivity contribution in [1.29, 1.82) is 0 Å². The fourth-order valence-corrected chi connectivity index (χ4v) is 3.24. The maximum atomic E-state index is 10.9. The molecule has 2 rings (SSSR count). The Labute approximate surface area is 79.3 Å². The number of carboxylic acid groups (broad SMARTS) is 1. The van der Waals surface area contributed by atoms with Crippen LogP contribution in [0.3, 0.4) is 0 Å². The minimum Gasteiger partial charge on any atom is -0.481 e. The molecule has 2 aliphatic carbocycles. The van der Waals surface area contributed by atoms with Crippen molar-refractivity contribution < 1.29 is 9.90 Å². The zero-order chi connectivity index (χ0) is 9.31. The van der Waals surface area contributed by atoms with Crippen LogP contribution >= 0.6 is 0 Å². The highest BCUT2D eigenvalue weighted by molar-refractivity contribution is 5.70. The first-order valence-electron chi connectivity index (χ1n) is 5.45. The van der Waals surface area contributed by atoms with Crippen molar-refractivity contribution in [2.45, 2.75) is 51.4 Å². The van der Waals surface area contributed by atoms with Gasteiger partial charge in [0.25, 0.3) is 0 Å². The standard InChI is InChI=1S/C11H18O2/c12-10(13)9-4-3-7-11(8-9)5-1-2-6-11/h9H,1-8H2,(H,12,13)/t9-/m0/s1. The summed E-state index contributed by atoms with van der Waals surface area (Å²) in [5.41, 5.74) is 0.446. The van der Waals surface area contributed by atoms with Gasteiger partial charge in [0, 0.05) is 0 Å². The summed E-state index contributed by atoms with van der Waals surface area (Å²) in [6, 6.07) is 0. The van der Waals surface area contributed by atoms with Gasteiger partial charge in [0.05, 0.1) is 5.92 Å². The van der Waals surface area contributed by atoms with Gasteiger partial charge in [-0.15, -0.1) is 0 Å². The molecule has 0 bridgehead atoms. The quantitative estimate of drug-likeness (QED) is 0.677. The van der Waals surface area contributed by atoms with Crippen LogP contribution < -0.4 is 0 Å². The zero-order valence-corrected chi connectivity index (χ0v) is 8.09. The summed E-state index contributed by atoms with van der Waals surface area (Å²) in [5.74, 6) is -0.599. The number of carbonyl (C=O) groups is 1. The van der Waals surface area contributed by atoms with E-state index >= 15 is 0 Å². The van der Waals surface area contributed by atoms with Gasteiger partial charge in [-0.05, 0) is 37.5 Å². The lowest BCUT2D eigenvalue weighted by molar-refractivity contribution is -0.144. The number of carboxylic acids is 1. The van der Waals surface area contributed by atoms with Crippen molar-refractivity contribution in [3.8, 4) is 0 Å². The Kier molecular flexibility index (Phi) is 2.31. The van der Waals surface area contributed by atoms with Crippen LogP contribution in [0.2, 0.25) is 0 Å². The third kappa shape index (κ3) is 1.72. The minimum absolute atomic E-state index is 0.0353. The molecule has 2 saturated carbocycles. The van der Waals surface area contributed by atoms with Crippen molar-refractivity contribution in [3.63, 3.8) is 0 Å². The fourth-order valence-electron chi connectivity index (χ4n) is 3.24. The Balaban J connectivity index is 2.02. The summed E-state index contributed by atoms with van der Waals surface area (Å²) >= 11 is 0. The Morgan fingerprint density at radius 2 is 1.77 bits per heavy atom. The van der Waals surface area contributed by atoms with Crippen LogP contribution in [0, 0.1) is 11.3 Å². The van der Waals surface area contributed by atoms with Crippen LogP contribution in [0.5, 0.6) is 0 Å². The molecule has 2 fully saturated rings. The topological polar surface area (TPSA) is 37.3 Å². The summed E-state index contributed by atoms with van der Waals surface area (Å²) < 4.78 is 0. The maximum absolute atomic E-state index is 10.9. The average Bonchev–Trinajstić information content (AvgIpc) is 2.53. The molecule has 0 radical (unpaired) electrons. The van der Waals surface area contributed by atoms with E-state index in [1.54, 1.807) is 0 Å². The van der Waals surface area contributed by atoms with Crippen molar-refractivity contribution in [2.24, 2.45) is 11.3 Å². The van der Waals surface area contributed by atoms with Gasteiger partial charge in [0.15, 0.2) is 0 Å². The van der Waals surface area contributed by atoms with Crippen LogP contribution in [-0.2, 0) is 4.79 Å². The van der Waals surface area contributed by atoms with Crippen LogP contribution in [0.4, 0.5) is 0 Å². The maximum Gasteiger partial charge on any atom is 0.306 e. The molecule has 0 saturated heterocycles.